The van der Waals surface area contributed by atoms with Gasteiger partial charge in [0.05, 0.1) is 13.2 Å². The Balaban J connectivity index is 0.000000138. The monoisotopic (exact) mass is 704 g/mol. The zero-order chi connectivity index (χ0) is 34.5. The molecule has 2 aromatic carbocycles. The molecule has 2 aliphatic carbocycles. The van der Waals surface area contributed by atoms with Gasteiger partial charge in [0.15, 0.2) is 11.6 Å². The lowest BCUT2D eigenvalue weighted by Crippen LogP contribution is -2.03. The molecule has 0 fully saturated rings. The van der Waals surface area contributed by atoms with E-state index in [9.17, 15) is 0 Å². The molecule has 1 unspecified atom stereocenters. The second kappa shape index (κ2) is 13.5. The van der Waals surface area contributed by atoms with E-state index < -0.39 is 0 Å². The van der Waals surface area contributed by atoms with Crippen LogP contribution in [0.4, 0.5) is 0 Å². The highest BCUT2D eigenvalue weighted by molar-refractivity contribution is 7.15. The summed E-state index contributed by atoms with van der Waals surface area (Å²) in [4.78, 5) is 2.72. The van der Waals surface area contributed by atoms with Crippen molar-refractivity contribution in [3.63, 3.8) is 0 Å². The van der Waals surface area contributed by atoms with Crippen molar-refractivity contribution in [3.05, 3.63) is 132 Å². The van der Waals surface area contributed by atoms with E-state index >= 15 is 0 Å². The largest absolute Gasteiger partial charge is 0.400 e. The Kier molecular flexibility index (Phi) is 8.86. The maximum absolute atomic E-state index is 7.00. The van der Waals surface area contributed by atoms with E-state index in [0.29, 0.717) is 32.3 Å². The summed E-state index contributed by atoms with van der Waals surface area (Å²) >= 11 is 3.67. The van der Waals surface area contributed by atoms with E-state index in [2.05, 4.69) is 98.0 Å². The van der Waals surface area contributed by atoms with Crippen molar-refractivity contribution in [1.82, 2.24) is 29.5 Å². The molecule has 1 atom stereocenters. The minimum Gasteiger partial charge on any atom is -0.400 e. The second-order valence-corrected chi connectivity index (χ2v) is 15.3. The summed E-state index contributed by atoms with van der Waals surface area (Å²) in [5.41, 5.74) is 12.5. The fourth-order valence-electron chi connectivity index (χ4n) is 8.00. The normalized spacial score (nSPS) is 16.6. The summed E-state index contributed by atoms with van der Waals surface area (Å²) in [6.45, 7) is 10.8. The molecule has 11 heteroatoms. The van der Waals surface area contributed by atoms with Crippen LogP contribution in [0.5, 0.6) is 0 Å². The van der Waals surface area contributed by atoms with Gasteiger partial charge in [-0.3, -0.25) is 9.13 Å². The third-order valence-corrected chi connectivity index (χ3v) is 12.4. The van der Waals surface area contributed by atoms with E-state index in [1.54, 1.807) is 0 Å². The van der Waals surface area contributed by atoms with Gasteiger partial charge in [0.25, 0.3) is 0 Å². The van der Waals surface area contributed by atoms with Crippen LogP contribution in [0.2, 0.25) is 0 Å². The Morgan fingerprint density at radius 3 is 2.02 bits per heavy atom. The number of aromatic nitrogens is 6. The lowest BCUT2D eigenvalue weighted by atomic mass is 9.90. The molecule has 6 aromatic rings. The topological polar surface area (TPSA) is 100 Å². The van der Waals surface area contributed by atoms with Crippen molar-refractivity contribution >= 4 is 28.2 Å². The van der Waals surface area contributed by atoms with Gasteiger partial charge < -0.3 is 14.6 Å². The number of aliphatic hydroxyl groups is 1. The lowest BCUT2D eigenvalue weighted by molar-refractivity contribution is 0.104. The summed E-state index contributed by atoms with van der Waals surface area (Å²) in [6, 6.07) is 17.6. The van der Waals surface area contributed by atoms with Crippen LogP contribution >= 0.6 is 22.7 Å². The molecule has 2 aliphatic heterocycles. The summed E-state index contributed by atoms with van der Waals surface area (Å²) < 4.78 is 16.2. The zero-order valence-corrected chi connectivity index (χ0v) is 30.6. The molecule has 0 saturated carbocycles. The summed E-state index contributed by atoms with van der Waals surface area (Å²) in [6.07, 6.45) is 5.72. The van der Waals surface area contributed by atoms with Crippen LogP contribution in [0.1, 0.15) is 89.9 Å². The molecule has 256 valence electrons. The van der Waals surface area contributed by atoms with Crippen molar-refractivity contribution in [1.29, 1.82) is 0 Å². The van der Waals surface area contributed by atoms with Crippen LogP contribution in [-0.2, 0) is 48.7 Å². The molecule has 6 heterocycles. The first-order valence-electron chi connectivity index (χ1n) is 17.0. The molecular weight excluding hydrogens is 665 g/mol. The van der Waals surface area contributed by atoms with Gasteiger partial charge in [-0.25, -0.2) is 0 Å². The van der Waals surface area contributed by atoms with Gasteiger partial charge in [-0.15, -0.1) is 43.1 Å². The molecule has 0 bridgehead atoms. The predicted octanol–water partition coefficient (Wildman–Crippen LogP) is 7.63. The van der Waals surface area contributed by atoms with Gasteiger partial charge in [-0.05, 0) is 80.3 Å². The number of rotatable bonds is 2. The molecule has 10 rings (SSSR count). The Morgan fingerprint density at radius 1 is 0.700 bits per heavy atom. The second-order valence-electron chi connectivity index (χ2n) is 12.9. The number of thiophene rings is 2. The fourth-order valence-corrected chi connectivity index (χ4v) is 10.5. The standard InChI is InChI=1S/C19H19N3OS.C19H17N3OS.CH4O/c2*1-11-18(15-8-7-13-5-3-4-6-14(13)15)16-9-23-10-17-21-20-12(2)22(17)19(16)24-11;1-2/h3-6,15H,7-10H2,1-2H3;3-6,8H,7,9-10H2,1-2H3;2H,1H3. The summed E-state index contributed by atoms with van der Waals surface area (Å²) in [7, 11) is 1.00. The number of nitrogens with zero attached hydrogens (tertiary/aromatic N) is 6. The van der Waals surface area contributed by atoms with Gasteiger partial charge in [-0.2, -0.15) is 0 Å². The quantitative estimate of drug-likeness (QED) is 0.198. The minimum absolute atomic E-state index is 0.489. The van der Waals surface area contributed by atoms with Crippen molar-refractivity contribution in [2.45, 2.75) is 79.3 Å². The lowest BCUT2D eigenvalue weighted by Gasteiger charge is -2.15. The molecular formula is C39H40N6O3S2. The molecule has 0 saturated heterocycles. The third kappa shape index (κ3) is 5.39. The Hall–Kier alpha value is -4.26. The third-order valence-electron chi connectivity index (χ3n) is 10.1. The molecule has 4 aliphatic rings. The number of benzene rings is 2. The van der Waals surface area contributed by atoms with Crippen LogP contribution < -0.4 is 0 Å². The van der Waals surface area contributed by atoms with Crippen molar-refractivity contribution in [3.8, 4) is 10.0 Å². The van der Waals surface area contributed by atoms with Crippen LogP contribution in [0.3, 0.4) is 0 Å². The zero-order valence-electron chi connectivity index (χ0n) is 29.0. The fraction of sp³-hybridized carbons (Fsp3) is 0.333. The van der Waals surface area contributed by atoms with Crippen LogP contribution in [0.15, 0.2) is 54.6 Å². The minimum atomic E-state index is 0.489. The Labute approximate surface area is 299 Å². The van der Waals surface area contributed by atoms with Gasteiger partial charge in [0.1, 0.15) is 34.9 Å². The Morgan fingerprint density at radius 2 is 1.30 bits per heavy atom. The molecule has 50 heavy (non-hydrogen) atoms. The van der Waals surface area contributed by atoms with E-state index in [1.165, 1.54) is 82.7 Å². The number of aryl methyl sites for hydroxylation is 5. The van der Waals surface area contributed by atoms with Crippen molar-refractivity contribution in [2.75, 3.05) is 7.11 Å². The maximum Gasteiger partial charge on any atom is 0.164 e. The smallest absolute Gasteiger partial charge is 0.164 e. The first kappa shape index (κ1) is 32.9. The number of hydrogen-bond donors (Lipinski definition) is 1. The molecule has 9 nitrogen and oxygen atoms in total. The van der Waals surface area contributed by atoms with Gasteiger partial charge in [-0.1, -0.05) is 54.6 Å². The average molecular weight is 705 g/mol. The maximum atomic E-state index is 7.00. The van der Waals surface area contributed by atoms with Crippen molar-refractivity contribution < 1.29 is 14.6 Å². The molecule has 0 radical (unpaired) electrons. The Bertz CT molecular complexity index is 2250. The van der Waals surface area contributed by atoms with Crippen LogP contribution in [0.25, 0.3) is 15.6 Å². The first-order chi connectivity index (χ1) is 24.5. The van der Waals surface area contributed by atoms with E-state index in [4.69, 9.17) is 14.6 Å². The number of fused-ring (bicyclic) bond motifs is 8. The number of aliphatic hydroxyl groups excluding tert-OH is 1. The van der Waals surface area contributed by atoms with Crippen LogP contribution in [-0.4, -0.2) is 41.7 Å². The molecule has 0 amide bonds. The number of ether oxygens (including phenoxy) is 2. The molecule has 0 spiro atoms. The molecule has 4 aromatic heterocycles. The average Bonchev–Trinajstić information content (AvgIpc) is 3.97. The highest BCUT2D eigenvalue weighted by Gasteiger charge is 2.32. The van der Waals surface area contributed by atoms with Gasteiger partial charge in [0, 0.05) is 39.5 Å². The highest BCUT2D eigenvalue weighted by Crippen LogP contribution is 2.47. The molecule has 1 N–H and O–H groups in total. The predicted molar refractivity (Wildman–Crippen MR) is 196 cm³/mol. The van der Waals surface area contributed by atoms with Crippen LogP contribution in [0, 0.1) is 27.7 Å². The van der Waals surface area contributed by atoms with Gasteiger partial charge >= 0.3 is 0 Å². The summed E-state index contributed by atoms with van der Waals surface area (Å²) in [5, 5.41) is 26.5. The van der Waals surface area contributed by atoms with Gasteiger partial charge in [0.2, 0.25) is 0 Å². The number of hydrogen-bond acceptors (Lipinski definition) is 9. The van der Waals surface area contributed by atoms with Crippen molar-refractivity contribution in [2.24, 2.45) is 0 Å². The summed E-state index contributed by atoms with van der Waals surface area (Å²) in [5.74, 6) is 4.15. The SMILES string of the molecule is CO.Cc1sc2c(c1C1=CCc3ccccc31)COCc1nnc(C)n1-2.Cc1sc2c(c1C1CCc3ccccc31)COCc1nnc(C)n1-2. The van der Waals surface area contributed by atoms with E-state index in [0.717, 1.165) is 36.8 Å². The number of allylic oxidation sites excluding steroid dienone is 1. The van der Waals surface area contributed by atoms with E-state index in [-0.39, 0.29) is 0 Å². The first-order valence-corrected chi connectivity index (χ1v) is 18.6. The van der Waals surface area contributed by atoms with E-state index in [1.807, 2.05) is 36.5 Å². The highest BCUT2D eigenvalue weighted by atomic mass is 32.1.